The van der Waals surface area contributed by atoms with Crippen molar-refractivity contribution >= 4 is 46.4 Å². The number of nitrogens with one attached hydrogen (secondary N) is 2. The Morgan fingerprint density at radius 2 is 2.04 bits per heavy atom. The topological polar surface area (TPSA) is 44.4 Å². The minimum atomic E-state index is 0.212. The Morgan fingerprint density at radius 3 is 2.74 bits per heavy atom. The summed E-state index contributed by atoms with van der Waals surface area (Å²) in [6.07, 6.45) is 1.59. The smallest absolute Gasteiger partial charge is 0.227 e. The minimum Gasteiger partial charge on any atom is -0.362 e. The van der Waals surface area contributed by atoms with Crippen LogP contribution in [0.2, 0.25) is 0 Å². The predicted molar refractivity (Wildman–Crippen MR) is 120 cm³/mol. The van der Waals surface area contributed by atoms with E-state index in [9.17, 15) is 4.79 Å². The first-order chi connectivity index (χ1) is 13.1. The lowest BCUT2D eigenvalue weighted by atomic mass is 10.1. The van der Waals surface area contributed by atoms with Gasteiger partial charge in [-0.15, -0.1) is 0 Å². The lowest BCUT2D eigenvalue weighted by Crippen LogP contribution is -2.30. The third-order valence-electron chi connectivity index (χ3n) is 4.46. The van der Waals surface area contributed by atoms with Gasteiger partial charge in [-0.2, -0.15) is 11.8 Å². The quantitative estimate of drug-likeness (QED) is 0.536. The van der Waals surface area contributed by atoms with Crippen LogP contribution in [-0.2, 0) is 10.5 Å². The number of carbonyl (C=O) groups excluding carboxylic acids is 1. The molecule has 4 nitrogen and oxygen atoms in total. The number of thioether (sulfide) groups is 1. The van der Waals surface area contributed by atoms with Gasteiger partial charge in [0.25, 0.3) is 0 Å². The highest BCUT2D eigenvalue weighted by Crippen LogP contribution is 2.27. The molecule has 2 aromatic carbocycles. The molecule has 0 aliphatic carbocycles. The number of amides is 1. The second-order valence-corrected chi connectivity index (χ2v) is 8.08. The van der Waals surface area contributed by atoms with Crippen molar-refractivity contribution in [1.29, 1.82) is 0 Å². The molecular formula is C21H25N3OS2. The van der Waals surface area contributed by atoms with E-state index in [1.165, 1.54) is 5.56 Å². The Morgan fingerprint density at radius 1 is 1.22 bits per heavy atom. The Hall–Kier alpha value is -2.05. The van der Waals surface area contributed by atoms with Crippen molar-refractivity contribution in [3.8, 4) is 0 Å². The molecule has 0 bridgehead atoms. The zero-order chi connectivity index (χ0) is 19.1. The van der Waals surface area contributed by atoms with Gasteiger partial charge < -0.3 is 15.5 Å². The molecule has 0 atom stereocenters. The molecule has 2 aromatic rings. The van der Waals surface area contributed by atoms with Crippen molar-refractivity contribution in [1.82, 2.24) is 5.32 Å². The maximum atomic E-state index is 11.9. The maximum Gasteiger partial charge on any atom is 0.227 e. The monoisotopic (exact) mass is 399 g/mol. The van der Waals surface area contributed by atoms with Crippen LogP contribution in [-0.4, -0.2) is 29.9 Å². The third-order valence-corrected chi connectivity index (χ3v) is 5.74. The van der Waals surface area contributed by atoms with Gasteiger partial charge in [0.2, 0.25) is 5.91 Å². The molecule has 142 valence electrons. The van der Waals surface area contributed by atoms with Gasteiger partial charge in [0, 0.05) is 42.4 Å². The third kappa shape index (κ3) is 5.71. The van der Waals surface area contributed by atoms with Gasteiger partial charge in [0.1, 0.15) is 0 Å². The molecule has 3 rings (SSSR count). The zero-order valence-electron chi connectivity index (χ0n) is 15.5. The summed E-state index contributed by atoms with van der Waals surface area (Å²) < 4.78 is 0. The van der Waals surface area contributed by atoms with Crippen LogP contribution in [0, 0.1) is 6.92 Å². The normalized spacial score (nSPS) is 13.7. The van der Waals surface area contributed by atoms with E-state index >= 15 is 0 Å². The molecule has 2 N–H and O–H groups in total. The number of rotatable bonds is 7. The van der Waals surface area contributed by atoms with Crippen LogP contribution in [0.25, 0.3) is 0 Å². The molecule has 6 heteroatoms. The number of aryl methyl sites for hydroxylation is 1. The van der Waals surface area contributed by atoms with Crippen molar-refractivity contribution in [2.75, 3.05) is 29.1 Å². The van der Waals surface area contributed by atoms with E-state index in [1.807, 2.05) is 47.9 Å². The van der Waals surface area contributed by atoms with Crippen molar-refractivity contribution in [3.63, 3.8) is 0 Å². The number of anilines is 2. The molecule has 0 aromatic heterocycles. The van der Waals surface area contributed by atoms with Crippen LogP contribution in [0.1, 0.15) is 24.0 Å². The summed E-state index contributed by atoms with van der Waals surface area (Å²) in [5.41, 5.74) is 4.36. The van der Waals surface area contributed by atoms with Gasteiger partial charge in [-0.05, 0) is 54.9 Å². The van der Waals surface area contributed by atoms with Gasteiger partial charge in [0.15, 0.2) is 5.11 Å². The highest BCUT2D eigenvalue weighted by Gasteiger charge is 2.22. The molecule has 0 saturated carbocycles. The highest BCUT2D eigenvalue weighted by atomic mass is 32.2. The number of carbonyl (C=O) groups is 1. The Bertz CT molecular complexity index is 795. The van der Waals surface area contributed by atoms with Gasteiger partial charge in [0.05, 0.1) is 0 Å². The van der Waals surface area contributed by atoms with Crippen molar-refractivity contribution < 1.29 is 4.79 Å². The van der Waals surface area contributed by atoms with Gasteiger partial charge in [-0.3, -0.25) is 4.79 Å². The van der Waals surface area contributed by atoms with E-state index in [0.29, 0.717) is 11.5 Å². The standard InChI is InChI=1S/C21H25N3OS2/c1-16-14-18(9-10-19(16)24-12-5-8-20(24)25)23-21(26)22-11-13-27-15-17-6-3-2-4-7-17/h2-4,6-7,9-10,14H,5,8,11-13,15H2,1H3,(H2,22,23,26). The number of benzene rings is 2. The molecule has 1 amide bonds. The molecule has 27 heavy (non-hydrogen) atoms. The maximum absolute atomic E-state index is 11.9. The van der Waals surface area contributed by atoms with E-state index in [-0.39, 0.29) is 5.91 Å². The Balaban J connectivity index is 1.41. The van der Waals surface area contributed by atoms with E-state index in [4.69, 9.17) is 12.2 Å². The summed E-state index contributed by atoms with van der Waals surface area (Å²) in [5, 5.41) is 7.10. The first kappa shape index (κ1) is 19.7. The van der Waals surface area contributed by atoms with Crippen LogP contribution >= 0.6 is 24.0 Å². The van der Waals surface area contributed by atoms with Gasteiger partial charge >= 0.3 is 0 Å². The Labute approximate surface area is 170 Å². The number of hydrogen-bond acceptors (Lipinski definition) is 3. The zero-order valence-corrected chi connectivity index (χ0v) is 17.2. The highest BCUT2D eigenvalue weighted by molar-refractivity contribution is 7.98. The van der Waals surface area contributed by atoms with Crippen LogP contribution in [0.3, 0.4) is 0 Å². The first-order valence-electron chi connectivity index (χ1n) is 9.21. The van der Waals surface area contributed by atoms with Crippen LogP contribution in [0.4, 0.5) is 11.4 Å². The molecule has 1 aliphatic heterocycles. The van der Waals surface area contributed by atoms with E-state index in [0.717, 1.165) is 48.0 Å². The predicted octanol–water partition coefficient (Wildman–Crippen LogP) is 4.34. The van der Waals surface area contributed by atoms with E-state index < -0.39 is 0 Å². The summed E-state index contributed by atoms with van der Waals surface area (Å²) in [5.74, 6) is 2.22. The average Bonchev–Trinajstić information content (AvgIpc) is 3.08. The molecule has 0 spiro atoms. The summed E-state index contributed by atoms with van der Waals surface area (Å²) in [6, 6.07) is 16.5. The lowest BCUT2D eigenvalue weighted by Gasteiger charge is -2.19. The largest absolute Gasteiger partial charge is 0.362 e. The second-order valence-electron chi connectivity index (χ2n) is 6.57. The molecule has 0 radical (unpaired) electrons. The summed E-state index contributed by atoms with van der Waals surface area (Å²) in [4.78, 5) is 13.8. The Kier molecular flexibility index (Phi) is 7.12. The molecule has 1 saturated heterocycles. The molecule has 0 unspecified atom stereocenters. The summed E-state index contributed by atoms with van der Waals surface area (Å²) in [6.45, 7) is 3.67. The molecule has 1 heterocycles. The number of hydrogen-bond donors (Lipinski definition) is 2. The molecular weight excluding hydrogens is 374 g/mol. The SMILES string of the molecule is Cc1cc(NC(=S)NCCSCc2ccccc2)ccc1N1CCCC1=O. The van der Waals surface area contributed by atoms with E-state index in [2.05, 4.69) is 34.9 Å². The number of nitrogens with zero attached hydrogens (tertiary/aromatic N) is 1. The second kappa shape index (κ2) is 9.76. The van der Waals surface area contributed by atoms with E-state index in [1.54, 1.807) is 0 Å². The van der Waals surface area contributed by atoms with Crippen LogP contribution in [0.15, 0.2) is 48.5 Å². The van der Waals surface area contributed by atoms with Crippen molar-refractivity contribution in [2.45, 2.75) is 25.5 Å². The van der Waals surface area contributed by atoms with Crippen molar-refractivity contribution in [3.05, 3.63) is 59.7 Å². The minimum absolute atomic E-state index is 0.212. The van der Waals surface area contributed by atoms with Crippen molar-refractivity contribution in [2.24, 2.45) is 0 Å². The average molecular weight is 400 g/mol. The number of thiocarbonyl (C=S) groups is 1. The summed E-state index contributed by atoms with van der Waals surface area (Å²) >= 11 is 7.27. The fourth-order valence-corrected chi connectivity index (χ4v) is 4.15. The summed E-state index contributed by atoms with van der Waals surface area (Å²) in [7, 11) is 0. The fraction of sp³-hybridized carbons (Fsp3) is 0.333. The van der Waals surface area contributed by atoms with Gasteiger partial charge in [-0.1, -0.05) is 30.3 Å². The lowest BCUT2D eigenvalue weighted by molar-refractivity contribution is -0.117. The fourth-order valence-electron chi connectivity index (χ4n) is 3.12. The molecule has 1 fully saturated rings. The van der Waals surface area contributed by atoms with Crippen LogP contribution in [0.5, 0.6) is 0 Å². The van der Waals surface area contributed by atoms with Gasteiger partial charge in [-0.25, -0.2) is 0 Å². The van der Waals surface area contributed by atoms with Crippen LogP contribution < -0.4 is 15.5 Å². The first-order valence-corrected chi connectivity index (χ1v) is 10.8. The molecule has 1 aliphatic rings.